The molecule has 0 aromatic carbocycles. The number of anilines is 1. The zero-order valence-corrected chi connectivity index (χ0v) is 17.2. The molecule has 0 aliphatic carbocycles. The predicted molar refractivity (Wildman–Crippen MR) is 106 cm³/mol. The summed E-state index contributed by atoms with van der Waals surface area (Å²) in [6.07, 6.45) is 0. The van der Waals surface area contributed by atoms with Crippen molar-refractivity contribution in [1.29, 1.82) is 0 Å². The molecular formula is C16H19N5O6S2. The first-order valence-electron chi connectivity index (χ1n) is 8.50. The van der Waals surface area contributed by atoms with Crippen LogP contribution in [-0.2, 0) is 24.0 Å². The molecule has 0 bridgehead atoms. The number of aromatic nitrogens is 1. The molecule has 0 spiro atoms. The average molecular weight is 441 g/mol. The number of thiazole rings is 1. The largest absolute Gasteiger partial charge is 0.477 e. The van der Waals surface area contributed by atoms with Crippen LogP contribution in [0.3, 0.4) is 0 Å². The quantitative estimate of drug-likeness (QED) is 0.283. The number of hydrogen-bond donors (Lipinski definition) is 3. The maximum Gasteiger partial charge on any atom is 0.352 e. The normalized spacial score (nSPS) is 21.5. The zero-order valence-electron chi connectivity index (χ0n) is 15.6. The van der Waals surface area contributed by atoms with E-state index in [4.69, 9.17) is 15.3 Å². The SMILES string of the molecule is CCON=C(C(=O)NC1C(=O)N2C(C(=O)O)=C(COC)CS[C@H]12)c1csc(N)n1. The summed E-state index contributed by atoms with van der Waals surface area (Å²) < 4.78 is 5.03. The van der Waals surface area contributed by atoms with E-state index in [1.807, 2.05) is 0 Å². The van der Waals surface area contributed by atoms with Crippen molar-refractivity contribution in [3.05, 3.63) is 22.3 Å². The monoisotopic (exact) mass is 441 g/mol. The molecule has 1 aromatic rings. The fourth-order valence-corrected chi connectivity index (χ4v) is 4.78. The van der Waals surface area contributed by atoms with Crippen LogP contribution >= 0.6 is 23.1 Å². The van der Waals surface area contributed by atoms with Crippen molar-refractivity contribution in [3.63, 3.8) is 0 Å². The summed E-state index contributed by atoms with van der Waals surface area (Å²) in [5, 5.41) is 17.2. The number of amides is 2. The lowest BCUT2D eigenvalue weighted by molar-refractivity contribution is -0.150. The Balaban J connectivity index is 1.79. The number of thioether (sulfide) groups is 1. The fraction of sp³-hybridized carbons (Fsp3) is 0.438. The highest BCUT2D eigenvalue weighted by atomic mass is 32.2. The molecule has 1 aromatic heterocycles. The van der Waals surface area contributed by atoms with Crippen molar-refractivity contribution in [2.24, 2.45) is 5.16 Å². The standard InChI is InChI=1S/C16H19N5O6S2/c1-3-27-20-9(8-6-29-16(17)18-8)12(22)19-10-13(23)21-11(15(24)25)7(4-26-2)5-28-14(10)21/h6,10,14H,3-5H2,1-2H3,(H2,17,18)(H,19,22)(H,24,25)/t10?,14-/m1/s1. The van der Waals surface area contributed by atoms with Gasteiger partial charge >= 0.3 is 5.97 Å². The summed E-state index contributed by atoms with van der Waals surface area (Å²) in [7, 11) is 1.45. The Kier molecular flexibility index (Phi) is 6.39. The molecule has 156 valence electrons. The molecule has 0 saturated carbocycles. The summed E-state index contributed by atoms with van der Waals surface area (Å²) >= 11 is 2.49. The van der Waals surface area contributed by atoms with Gasteiger partial charge < -0.3 is 25.7 Å². The third-order valence-corrected chi connectivity index (χ3v) is 6.13. The molecule has 0 radical (unpaired) electrons. The molecule has 4 N–H and O–H groups in total. The van der Waals surface area contributed by atoms with Crippen LogP contribution in [0.4, 0.5) is 5.13 Å². The van der Waals surface area contributed by atoms with Crippen molar-refractivity contribution in [2.45, 2.75) is 18.3 Å². The lowest BCUT2D eigenvalue weighted by Gasteiger charge is -2.49. The molecular weight excluding hydrogens is 422 g/mol. The Morgan fingerprint density at radius 1 is 1.52 bits per heavy atom. The number of carbonyl (C=O) groups is 3. The Morgan fingerprint density at radius 3 is 2.86 bits per heavy atom. The number of fused-ring (bicyclic) bond motifs is 1. The van der Waals surface area contributed by atoms with Crippen LogP contribution in [0.15, 0.2) is 21.8 Å². The Morgan fingerprint density at radius 2 is 2.28 bits per heavy atom. The zero-order chi connectivity index (χ0) is 21.1. The topological polar surface area (TPSA) is 156 Å². The van der Waals surface area contributed by atoms with Gasteiger partial charge in [-0.2, -0.15) is 0 Å². The second-order valence-corrected chi connectivity index (χ2v) is 7.97. The highest BCUT2D eigenvalue weighted by Gasteiger charge is 2.54. The maximum absolute atomic E-state index is 12.7. The van der Waals surface area contributed by atoms with Crippen molar-refractivity contribution < 1.29 is 29.1 Å². The third kappa shape index (κ3) is 4.06. The predicted octanol–water partition coefficient (Wildman–Crippen LogP) is -0.149. The number of rotatable bonds is 8. The van der Waals surface area contributed by atoms with Gasteiger partial charge in [-0.05, 0) is 12.5 Å². The summed E-state index contributed by atoms with van der Waals surface area (Å²) in [5.41, 5.74) is 6.15. The van der Waals surface area contributed by atoms with E-state index in [-0.39, 0.29) is 35.4 Å². The number of aliphatic carboxylic acids is 1. The molecule has 1 unspecified atom stereocenters. The average Bonchev–Trinajstić information content (AvgIpc) is 3.12. The summed E-state index contributed by atoms with van der Waals surface area (Å²) in [4.78, 5) is 47.2. The van der Waals surface area contributed by atoms with Crippen LogP contribution in [0.2, 0.25) is 0 Å². The molecule has 1 saturated heterocycles. The number of carbonyl (C=O) groups excluding carboxylic acids is 2. The lowest BCUT2D eigenvalue weighted by atomic mass is 10.0. The first-order chi connectivity index (χ1) is 13.9. The molecule has 2 amide bonds. The number of carboxylic acids is 1. The summed E-state index contributed by atoms with van der Waals surface area (Å²) in [6.45, 7) is 2.05. The van der Waals surface area contributed by atoms with Crippen LogP contribution in [0.25, 0.3) is 0 Å². The first kappa shape index (κ1) is 21.1. The Hall–Kier alpha value is -2.64. The van der Waals surface area contributed by atoms with Gasteiger partial charge in [-0.15, -0.1) is 23.1 Å². The van der Waals surface area contributed by atoms with Crippen LogP contribution in [0.5, 0.6) is 0 Å². The minimum atomic E-state index is -1.21. The van der Waals surface area contributed by atoms with Gasteiger partial charge in [-0.3, -0.25) is 14.5 Å². The molecule has 3 heterocycles. The Bertz CT molecular complexity index is 898. The molecule has 2 atom stereocenters. The molecule has 13 heteroatoms. The number of oxime groups is 1. The molecule has 2 aliphatic heterocycles. The molecule has 2 aliphatic rings. The minimum Gasteiger partial charge on any atom is -0.477 e. The van der Waals surface area contributed by atoms with E-state index in [0.29, 0.717) is 11.3 Å². The van der Waals surface area contributed by atoms with E-state index in [1.165, 1.54) is 23.8 Å². The van der Waals surface area contributed by atoms with E-state index in [1.54, 1.807) is 12.3 Å². The molecule has 11 nitrogen and oxygen atoms in total. The molecule has 3 rings (SSSR count). The van der Waals surface area contributed by atoms with Gasteiger partial charge in [0, 0.05) is 18.2 Å². The van der Waals surface area contributed by atoms with Crippen molar-refractivity contribution >= 4 is 51.7 Å². The number of nitrogens with one attached hydrogen (secondary N) is 1. The van der Waals surface area contributed by atoms with Gasteiger partial charge in [-0.25, -0.2) is 9.78 Å². The number of nitrogens with zero attached hydrogens (tertiary/aromatic N) is 3. The number of methoxy groups -OCH3 is 1. The van der Waals surface area contributed by atoms with Crippen LogP contribution < -0.4 is 11.1 Å². The molecule has 29 heavy (non-hydrogen) atoms. The van der Waals surface area contributed by atoms with Gasteiger partial charge in [0.25, 0.3) is 11.8 Å². The van der Waals surface area contributed by atoms with Gasteiger partial charge in [0.05, 0.1) is 6.61 Å². The van der Waals surface area contributed by atoms with Crippen LogP contribution in [-0.4, -0.2) is 76.0 Å². The smallest absolute Gasteiger partial charge is 0.352 e. The third-order valence-electron chi connectivity index (χ3n) is 4.12. The van der Waals surface area contributed by atoms with Crippen LogP contribution in [0.1, 0.15) is 12.6 Å². The summed E-state index contributed by atoms with van der Waals surface area (Å²) in [6, 6.07) is -0.895. The number of β-lactam (4-membered cyclic amide) rings is 1. The second kappa shape index (κ2) is 8.80. The number of nitrogens with two attached hydrogens (primary N) is 1. The van der Waals surface area contributed by atoms with Gasteiger partial charge in [-0.1, -0.05) is 5.16 Å². The highest BCUT2D eigenvalue weighted by Crippen LogP contribution is 2.40. The van der Waals surface area contributed by atoms with Crippen molar-refractivity contribution in [2.75, 3.05) is 31.8 Å². The number of nitrogen functional groups attached to an aromatic ring is 1. The number of ether oxygens (including phenoxy) is 1. The van der Waals surface area contributed by atoms with Gasteiger partial charge in [0.2, 0.25) is 0 Å². The van der Waals surface area contributed by atoms with Gasteiger partial charge in [0.15, 0.2) is 10.8 Å². The van der Waals surface area contributed by atoms with E-state index in [9.17, 15) is 19.5 Å². The fourth-order valence-electron chi connectivity index (χ4n) is 2.91. The van der Waals surface area contributed by atoms with E-state index in [0.717, 1.165) is 11.3 Å². The maximum atomic E-state index is 12.7. The second-order valence-electron chi connectivity index (χ2n) is 5.98. The lowest BCUT2D eigenvalue weighted by Crippen LogP contribution is -2.71. The van der Waals surface area contributed by atoms with Crippen LogP contribution in [0, 0.1) is 0 Å². The van der Waals surface area contributed by atoms with Gasteiger partial charge in [0.1, 0.15) is 29.4 Å². The minimum absolute atomic E-state index is 0.0958. The number of hydrogen-bond acceptors (Lipinski definition) is 10. The van der Waals surface area contributed by atoms with E-state index in [2.05, 4.69) is 15.5 Å². The first-order valence-corrected chi connectivity index (χ1v) is 10.4. The van der Waals surface area contributed by atoms with Crippen molar-refractivity contribution in [1.82, 2.24) is 15.2 Å². The van der Waals surface area contributed by atoms with E-state index < -0.39 is 29.2 Å². The van der Waals surface area contributed by atoms with Crippen molar-refractivity contribution in [3.8, 4) is 0 Å². The summed E-state index contributed by atoms with van der Waals surface area (Å²) in [5.74, 6) is -2.02. The Labute approximate surface area is 173 Å². The molecule has 1 fully saturated rings. The number of carboxylic acid groups (broad SMARTS) is 1. The van der Waals surface area contributed by atoms with E-state index >= 15 is 0 Å². The highest BCUT2D eigenvalue weighted by molar-refractivity contribution is 8.00.